The van der Waals surface area contributed by atoms with Crippen LogP contribution < -0.4 is 5.32 Å². The van der Waals surface area contributed by atoms with Crippen LogP contribution in [0.15, 0.2) is 23.1 Å². The number of fused-ring (bicyclic) bond motifs is 1. The molecule has 0 saturated heterocycles. The smallest absolute Gasteiger partial charge is 0.0515 e. The third kappa shape index (κ3) is 2.36. The van der Waals surface area contributed by atoms with Gasteiger partial charge >= 0.3 is 0 Å². The van der Waals surface area contributed by atoms with E-state index in [1.54, 1.807) is 0 Å². The Balaban J connectivity index is 2.27. The predicted octanol–water partition coefficient (Wildman–Crippen LogP) is 3.08. The Morgan fingerprint density at radius 3 is 3.00 bits per heavy atom. The van der Waals surface area contributed by atoms with Crippen LogP contribution in [0.3, 0.4) is 0 Å². The number of para-hydroxylation sites is 1. The lowest BCUT2D eigenvalue weighted by Crippen LogP contribution is -2.27. The number of hydrogen-bond donors (Lipinski definition) is 2. The maximum atomic E-state index is 9.00. The summed E-state index contributed by atoms with van der Waals surface area (Å²) >= 11 is 1.89. The molecule has 1 heterocycles. The van der Waals surface area contributed by atoms with E-state index >= 15 is 0 Å². The van der Waals surface area contributed by atoms with E-state index in [1.807, 2.05) is 11.8 Å². The Bertz CT molecular complexity index is 365. The molecule has 88 valence electrons. The van der Waals surface area contributed by atoms with Gasteiger partial charge in [0.25, 0.3) is 0 Å². The Hall–Kier alpha value is -0.670. The molecule has 2 N–H and O–H groups in total. The highest BCUT2D eigenvalue weighted by Crippen LogP contribution is 2.38. The van der Waals surface area contributed by atoms with Crippen LogP contribution in [0.25, 0.3) is 0 Å². The first-order chi connectivity index (χ1) is 7.72. The van der Waals surface area contributed by atoms with Crippen molar-refractivity contribution in [1.82, 2.24) is 0 Å². The van der Waals surface area contributed by atoms with Gasteiger partial charge in [-0.25, -0.2) is 0 Å². The lowest BCUT2D eigenvalue weighted by atomic mass is 10.0. The summed E-state index contributed by atoms with van der Waals surface area (Å²) in [6.45, 7) is 4.70. The van der Waals surface area contributed by atoms with Gasteiger partial charge in [0.1, 0.15) is 0 Å². The number of hydrogen-bond acceptors (Lipinski definition) is 3. The van der Waals surface area contributed by atoms with Gasteiger partial charge in [-0.05, 0) is 24.0 Å². The van der Waals surface area contributed by atoms with Crippen molar-refractivity contribution in [2.45, 2.75) is 37.1 Å². The molecule has 1 aromatic rings. The highest BCUT2D eigenvalue weighted by molar-refractivity contribution is 7.99. The molecule has 16 heavy (non-hydrogen) atoms. The highest BCUT2D eigenvalue weighted by Gasteiger charge is 2.20. The van der Waals surface area contributed by atoms with Gasteiger partial charge < -0.3 is 10.4 Å². The van der Waals surface area contributed by atoms with Gasteiger partial charge in [0.05, 0.1) is 5.69 Å². The first kappa shape index (κ1) is 11.8. The number of thioether (sulfide) groups is 1. The third-order valence-corrected chi connectivity index (χ3v) is 4.17. The zero-order valence-corrected chi connectivity index (χ0v) is 10.7. The lowest BCUT2D eigenvalue weighted by molar-refractivity contribution is 0.282. The molecule has 1 aromatic carbocycles. The molecule has 1 atom stereocenters. The van der Waals surface area contributed by atoms with Crippen molar-refractivity contribution in [3.63, 3.8) is 0 Å². The van der Waals surface area contributed by atoms with Gasteiger partial charge in [0, 0.05) is 23.3 Å². The maximum Gasteiger partial charge on any atom is 0.0515 e. The van der Waals surface area contributed by atoms with Gasteiger partial charge in [-0.1, -0.05) is 26.0 Å². The van der Waals surface area contributed by atoms with Gasteiger partial charge in [-0.3, -0.25) is 0 Å². The van der Waals surface area contributed by atoms with Crippen LogP contribution in [-0.4, -0.2) is 23.5 Å². The van der Waals surface area contributed by atoms with Crippen LogP contribution in [0.5, 0.6) is 0 Å². The standard InChI is InChI=1S/C13H19NOS/c1-9(2)11-4-3-5-12-13(11)14-10(6-7-15)8-16-12/h3-5,9-10,14-15H,6-8H2,1-2H3. The molecule has 0 spiro atoms. The number of benzene rings is 1. The molecule has 0 saturated carbocycles. The first-order valence-corrected chi connectivity index (χ1v) is 6.84. The van der Waals surface area contributed by atoms with Crippen molar-refractivity contribution in [3.05, 3.63) is 23.8 Å². The van der Waals surface area contributed by atoms with Crippen LogP contribution in [0.4, 0.5) is 5.69 Å². The summed E-state index contributed by atoms with van der Waals surface area (Å²) in [7, 11) is 0. The molecular formula is C13H19NOS. The van der Waals surface area contributed by atoms with E-state index in [1.165, 1.54) is 16.1 Å². The van der Waals surface area contributed by atoms with E-state index in [9.17, 15) is 0 Å². The molecule has 0 radical (unpaired) electrons. The fourth-order valence-electron chi connectivity index (χ4n) is 2.05. The molecule has 0 bridgehead atoms. The van der Waals surface area contributed by atoms with Crippen LogP contribution in [0.2, 0.25) is 0 Å². The van der Waals surface area contributed by atoms with Crippen molar-refractivity contribution in [2.24, 2.45) is 0 Å². The van der Waals surface area contributed by atoms with Crippen LogP contribution in [0, 0.1) is 0 Å². The average Bonchev–Trinajstić information content (AvgIpc) is 2.28. The SMILES string of the molecule is CC(C)c1cccc2c1NC(CCO)CS2. The molecule has 0 amide bonds. The topological polar surface area (TPSA) is 32.3 Å². The summed E-state index contributed by atoms with van der Waals surface area (Å²) in [5.41, 5.74) is 2.67. The van der Waals surface area contributed by atoms with E-state index in [0.717, 1.165) is 12.2 Å². The number of nitrogens with one attached hydrogen (secondary N) is 1. The Labute approximate surface area is 101 Å². The second-order valence-electron chi connectivity index (χ2n) is 4.54. The van der Waals surface area contributed by atoms with Crippen molar-refractivity contribution in [2.75, 3.05) is 17.7 Å². The van der Waals surface area contributed by atoms with E-state index in [-0.39, 0.29) is 6.61 Å². The molecule has 2 nitrogen and oxygen atoms in total. The summed E-state index contributed by atoms with van der Waals surface area (Å²) in [6.07, 6.45) is 0.832. The molecule has 2 rings (SSSR count). The minimum absolute atomic E-state index is 0.261. The summed E-state index contributed by atoms with van der Waals surface area (Å²) in [6, 6.07) is 6.91. The summed E-state index contributed by atoms with van der Waals surface area (Å²) in [5.74, 6) is 1.59. The fourth-order valence-corrected chi connectivity index (χ4v) is 3.18. The molecule has 0 aromatic heterocycles. The Kier molecular flexibility index (Phi) is 3.77. The number of aliphatic hydroxyl groups is 1. The van der Waals surface area contributed by atoms with Crippen molar-refractivity contribution >= 4 is 17.4 Å². The van der Waals surface area contributed by atoms with Crippen molar-refractivity contribution < 1.29 is 5.11 Å². The van der Waals surface area contributed by atoms with Gasteiger partial charge in [0.15, 0.2) is 0 Å². The van der Waals surface area contributed by atoms with Gasteiger partial charge in [-0.15, -0.1) is 11.8 Å². The van der Waals surface area contributed by atoms with Gasteiger partial charge in [-0.2, -0.15) is 0 Å². The van der Waals surface area contributed by atoms with E-state index in [2.05, 4.69) is 37.4 Å². The van der Waals surface area contributed by atoms with Crippen LogP contribution >= 0.6 is 11.8 Å². The molecule has 1 aliphatic rings. The quantitative estimate of drug-likeness (QED) is 0.847. The Morgan fingerprint density at radius 2 is 2.31 bits per heavy atom. The average molecular weight is 237 g/mol. The number of anilines is 1. The molecule has 1 unspecified atom stereocenters. The second kappa shape index (κ2) is 5.11. The molecule has 1 aliphatic heterocycles. The van der Waals surface area contributed by atoms with E-state index in [4.69, 9.17) is 5.11 Å². The molecular weight excluding hydrogens is 218 g/mol. The predicted molar refractivity (Wildman–Crippen MR) is 70.4 cm³/mol. The third-order valence-electron chi connectivity index (χ3n) is 2.95. The lowest BCUT2D eigenvalue weighted by Gasteiger charge is -2.29. The van der Waals surface area contributed by atoms with Crippen molar-refractivity contribution in [1.29, 1.82) is 0 Å². The highest BCUT2D eigenvalue weighted by atomic mass is 32.2. The van der Waals surface area contributed by atoms with Crippen LogP contribution in [0.1, 0.15) is 31.7 Å². The monoisotopic (exact) mass is 237 g/mol. The summed E-state index contributed by atoms with van der Waals surface area (Å²) in [5, 5.41) is 12.6. The van der Waals surface area contributed by atoms with E-state index in [0.29, 0.717) is 12.0 Å². The molecule has 3 heteroatoms. The largest absolute Gasteiger partial charge is 0.396 e. The minimum atomic E-state index is 0.261. The van der Waals surface area contributed by atoms with Gasteiger partial charge in [0.2, 0.25) is 0 Å². The minimum Gasteiger partial charge on any atom is -0.396 e. The summed E-state index contributed by atoms with van der Waals surface area (Å²) < 4.78 is 0. The van der Waals surface area contributed by atoms with E-state index < -0.39 is 0 Å². The fraction of sp³-hybridized carbons (Fsp3) is 0.538. The zero-order valence-electron chi connectivity index (χ0n) is 9.86. The Morgan fingerprint density at radius 1 is 1.50 bits per heavy atom. The zero-order chi connectivity index (χ0) is 11.5. The van der Waals surface area contributed by atoms with Crippen LogP contribution in [-0.2, 0) is 0 Å². The molecule has 0 aliphatic carbocycles. The molecule has 0 fully saturated rings. The number of aliphatic hydroxyl groups excluding tert-OH is 1. The second-order valence-corrected chi connectivity index (χ2v) is 5.60. The van der Waals surface area contributed by atoms with Crippen molar-refractivity contribution in [3.8, 4) is 0 Å². The first-order valence-electron chi connectivity index (χ1n) is 5.85. The summed E-state index contributed by atoms with van der Waals surface area (Å²) in [4.78, 5) is 1.35. The maximum absolute atomic E-state index is 9.00. The number of rotatable bonds is 3. The normalized spacial score (nSPS) is 19.4.